The highest BCUT2D eigenvalue weighted by Crippen LogP contribution is 2.25. The highest BCUT2D eigenvalue weighted by Gasteiger charge is 2.15. The number of nitrogen functional groups attached to an aromatic ring is 1. The molecule has 0 fully saturated rings. The molecule has 2 aromatic rings. The minimum Gasteiger partial charge on any atom is -0.383 e. The molecule has 0 aromatic carbocycles. The Kier molecular flexibility index (Phi) is 3.32. The highest BCUT2D eigenvalue weighted by atomic mass is 15.2. The van der Waals surface area contributed by atoms with Crippen molar-refractivity contribution >= 4 is 5.82 Å². The second-order valence-corrected chi connectivity index (χ2v) is 3.87. The van der Waals surface area contributed by atoms with Crippen LogP contribution in [0.15, 0.2) is 36.8 Å². The Hall–Kier alpha value is -1.98. The van der Waals surface area contributed by atoms with Gasteiger partial charge in [0.2, 0.25) is 0 Å². The first-order valence-electron chi connectivity index (χ1n) is 5.30. The third-order valence-electron chi connectivity index (χ3n) is 2.60. The lowest BCUT2D eigenvalue weighted by atomic mass is 10.00. The number of anilines is 1. The molecule has 2 aromatic heterocycles. The van der Waals surface area contributed by atoms with Crippen molar-refractivity contribution in [2.45, 2.75) is 13.0 Å². The van der Waals surface area contributed by atoms with Crippen molar-refractivity contribution in [2.75, 3.05) is 5.73 Å². The van der Waals surface area contributed by atoms with Crippen LogP contribution in [-0.2, 0) is 0 Å². The summed E-state index contributed by atoms with van der Waals surface area (Å²) in [4.78, 5) is 8.12. The zero-order chi connectivity index (χ0) is 12.3. The molecule has 0 spiro atoms. The fourth-order valence-corrected chi connectivity index (χ4v) is 1.76. The molecule has 5 nitrogen and oxygen atoms in total. The first-order chi connectivity index (χ1) is 8.22. The SMILES string of the molecule is Cc1cnc(N)c(C(NN)c2ccncc2)c1. The molecule has 17 heavy (non-hydrogen) atoms. The van der Waals surface area contributed by atoms with E-state index in [2.05, 4.69) is 15.4 Å². The van der Waals surface area contributed by atoms with E-state index in [0.29, 0.717) is 5.82 Å². The Labute approximate surface area is 99.9 Å². The molecule has 0 amide bonds. The number of nitrogens with one attached hydrogen (secondary N) is 1. The van der Waals surface area contributed by atoms with E-state index >= 15 is 0 Å². The van der Waals surface area contributed by atoms with E-state index in [9.17, 15) is 0 Å². The maximum absolute atomic E-state index is 5.88. The van der Waals surface area contributed by atoms with Gasteiger partial charge >= 0.3 is 0 Å². The van der Waals surface area contributed by atoms with Gasteiger partial charge in [-0.15, -0.1) is 0 Å². The number of aromatic nitrogens is 2. The van der Waals surface area contributed by atoms with Crippen LogP contribution in [0.1, 0.15) is 22.7 Å². The summed E-state index contributed by atoms with van der Waals surface area (Å²) in [7, 11) is 0. The van der Waals surface area contributed by atoms with Crippen molar-refractivity contribution in [1.29, 1.82) is 0 Å². The van der Waals surface area contributed by atoms with E-state index in [1.807, 2.05) is 25.1 Å². The Morgan fingerprint density at radius 2 is 2.00 bits per heavy atom. The van der Waals surface area contributed by atoms with Gasteiger partial charge in [0.1, 0.15) is 5.82 Å². The number of pyridine rings is 2. The molecule has 0 aliphatic heterocycles. The monoisotopic (exact) mass is 229 g/mol. The molecule has 5 heteroatoms. The lowest BCUT2D eigenvalue weighted by Crippen LogP contribution is -2.29. The van der Waals surface area contributed by atoms with Crippen LogP contribution in [0.25, 0.3) is 0 Å². The van der Waals surface area contributed by atoms with Gasteiger partial charge in [-0.05, 0) is 36.2 Å². The van der Waals surface area contributed by atoms with Gasteiger partial charge in [0.05, 0.1) is 6.04 Å². The van der Waals surface area contributed by atoms with Gasteiger partial charge in [-0.25, -0.2) is 10.4 Å². The third-order valence-corrected chi connectivity index (χ3v) is 2.60. The maximum atomic E-state index is 5.88. The first-order valence-corrected chi connectivity index (χ1v) is 5.30. The van der Waals surface area contributed by atoms with Gasteiger partial charge in [0, 0.05) is 24.2 Å². The standard InChI is InChI=1S/C12H15N5/c1-8-6-10(12(13)16-7-8)11(17-14)9-2-4-15-5-3-9/h2-7,11,17H,14H2,1H3,(H2,13,16). The van der Waals surface area contributed by atoms with Crippen molar-refractivity contribution in [3.05, 3.63) is 53.5 Å². The predicted octanol–water partition coefficient (Wildman–Crippen LogP) is 0.920. The molecule has 2 rings (SSSR count). The Morgan fingerprint density at radius 1 is 1.29 bits per heavy atom. The topological polar surface area (TPSA) is 89.8 Å². The number of hydrazine groups is 1. The molecule has 1 unspecified atom stereocenters. The Morgan fingerprint density at radius 3 is 2.65 bits per heavy atom. The summed E-state index contributed by atoms with van der Waals surface area (Å²) in [5.41, 5.74) is 11.6. The van der Waals surface area contributed by atoms with Crippen LogP contribution in [0.3, 0.4) is 0 Å². The molecule has 0 saturated heterocycles. The van der Waals surface area contributed by atoms with Crippen molar-refractivity contribution in [1.82, 2.24) is 15.4 Å². The van der Waals surface area contributed by atoms with E-state index in [4.69, 9.17) is 11.6 Å². The molecule has 0 aliphatic carbocycles. The van der Waals surface area contributed by atoms with Crippen LogP contribution in [0, 0.1) is 6.92 Å². The number of rotatable bonds is 3. The van der Waals surface area contributed by atoms with Crippen molar-refractivity contribution in [3.63, 3.8) is 0 Å². The number of nitrogens with two attached hydrogens (primary N) is 2. The van der Waals surface area contributed by atoms with Crippen molar-refractivity contribution in [2.24, 2.45) is 5.84 Å². The summed E-state index contributed by atoms with van der Waals surface area (Å²) in [6.45, 7) is 1.97. The van der Waals surface area contributed by atoms with E-state index in [0.717, 1.165) is 16.7 Å². The van der Waals surface area contributed by atoms with E-state index < -0.39 is 0 Å². The van der Waals surface area contributed by atoms with Crippen molar-refractivity contribution < 1.29 is 0 Å². The average molecular weight is 229 g/mol. The van der Waals surface area contributed by atoms with Gasteiger partial charge in [0.25, 0.3) is 0 Å². The number of aryl methyl sites for hydroxylation is 1. The zero-order valence-electron chi connectivity index (χ0n) is 9.59. The quantitative estimate of drug-likeness (QED) is 0.538. The fraction of sp³-hybridized carbons (Fsp3) is 0.167. The highest BCUT2D eigenvalue weighted by molar-refractivity contribution is 5.46. The second kappa shape index (κ2) is 4.90. The summed E-state index contributed by atoms with van der Waals surface area (Å²) in [5, 5.41) is 0. The smallest absolute Gasteiger partial charge is 0.128 e. The van der Waals surface area contributed by atoms with E-state index in [-0.39, 0.29) is 6.04 Å². The first kappa shape index (κ1) is 11.5. The third kappa shape index (κ3) is 2.41. The Balaban J connectivity index is 2.46. The molecule has 0 bridgehead atoms. The molecular weight excluding hydrogens is 214 g/mol. The molecule has 1 atom stereocenters. The van der Waals surface area contributed by atoms with Crippen LogP contribution < -0.4 is 17.0 Å². The molecule has 5 N–H and O–H groups in total. The van der Waals surface area contributed by atoms with Crippen LogP contribution in [0.5, 0.6) is 0 Å². The van der Waals surface area contributed by atoms with Crippen molar-refractivity contribution in [3.8, 4) is 0 Å². The van der Waals surface area contributed by atoms with Gasteiger partial charge in [-0.1, -0.05) is 0 Å². The minimum atomic E-state index is -0.176. The van der Waals surface area contributed by atoms with Crippen LogP contribution >= 0.6 is 0 Å². The normalized spacial score (nSPS) is 12.4. The second-order valence-electron chi connectivity index (χ2n) is 3.87. The van der Waals surface area contributed by atoms with E-state index in [1.165, 1.54) is 0 Å². The van der Waals surface area contributed by atoms with Gasteiger partial charge in [0.15, 0.2) is 0 Å². The predicted molar refractivity (Wildman–Crippen MR) is 66.8 cm³/mol. The van der Waals surface area contributed by atoms with Gasteiger partial charge in [-0.3, -0.25) is 10.8 Å². The summed E-state index contributed by atoms with van der Waals surface area (Å²) >= 11 is 0. The summed E-state index contributed by atoms with van der Waals surface area (Å²) < 4.78 is 0. The summed E-state index contributed by atoms with van der Waals surface area (Å²) in [6.07, 6.45) is 5.18. The molecule has 0 radical (unpaired) electrons. The fourth-order valence-electron chi connectivity index (χ4n) is 1.76. The largest absolute Gasteiger partial charge is 0.383 e. The molecule has 88 valence electrons. The van der Waals surface area contributed by atoms with Gasteiger partial charge < -0.3 is 5.73 Å². The van der Waals surface area contributed by atoms with Crippen LogP contribution in [0.2, 0.25) is 0 Å². The van der Waals surface area contributed by atoms with Crippen LogP contribution in [-0.4, -0.2) is 9.97 Å². The molecular formula is C12H15N5. The lowest BCUT2D eigenvalue weighted by Gasteiger charge is -2.18. The maximum Gasteiger partial charge on any atom is 0.128 e. The average Bonchev–Trinajstić information content (AvgIpc) is 2.36. The molecule has 0 saturated carbocycles. The minimum absolute atomic E-state index is 0.176. The lowest BCUT2D eigenvalue weighted by molar-refractivity contribution is 0.635. The summed E-state index contributed by atoms with van der Waals surface area (Å²) in [5.74, 6) is 6.08. The Bertz CT molecular complexity index is 498. The van der Waals surface area contributed by atoms with Gasteiger partial charge in [-0.2, -0.15) is 0 Å². The summed E-state index contributed by atoms with van der Waals surface area (Å²) in [6, 6.07) is 5.59. The van der Waals surface area contributed by atoms with Crippen LogP contribution in [0.4, 0.5) is 5.82 Å². The van der Waals surface area contributed by atoms with E-state index in [1.54, 1.807) is 18.6 Å². The molecule has 0 aliphatic rings. The number of hydrogen-bond donors (Lipinski definition) is 3. The number of hydrogen-bond acceptors (Lipinski definition) is 5. The number of nitrogens with zero attached hydrogens (tertiary/aromatic N) is 2. The zero-order valence-corrected chi connectivity index (χ0v) is 9.59. The molecule has 2 heterocycles.